The lowest BCUT2D eigenvalue weighted by Gasteiger charge is -2.36. The van der Waals surface area contributed by atoms with Gasteiger partial charge in [-0.15, -0.1) is 0 Å². The van der Waals surface area contributed by atoms with Gasteiger partial charge in [0.2, 0.25) is 0 Å². The summed E-state index contributed by atoms with van der Waals surface area (Å²) < 4.78 is 15.4. The van der Waals surface area contributed by atoms with Gasteiger partial charge >= 0.3 is 5.97 Å². The first-order chi connectivity index (χ1) is 20.5. The van der Waals surface area contributed by atoms with E-state index in [2.05, 4.69) is 73.6 Å². The van der Waals surface area contributed by atoms with Crippen LogP contribution in [0.3, 0.4) is 0 Å². The van der Waals surface area contributed by atoms with E-state index in [1.807, 2.05) is 37.3 Å². The fourth-order valence-electron chi connectivity index (χ4n) is 6.90. The second-order valence-electron chi connectivity index (χ2n) is 11.3. The second-order valence-corrected chi connectivity index (χ2v) is 11.3. The van der Waals surface area contributed by atoms with Gasteiger partial charge < -0.3 is 18.9 Å². The molecule has 0 saturated heterocycles. The summed E-state index contributed by atoms with van der Waals surface area (Å²) in [6.07, 6.45) is 7.47. The Hall–Kier alpha value is -3.73. The molecule has 0 spiro atoms. The molecule has 1 aliphatic heterocycles. The molecule has 1 aromatic heterocycles. The monoisotopic (exact) mass is 566 g/mol. The highest BCUT2D eigenvalue weighted by Crippen LogP contribution is 2.54. The van der Waals surface area contributed by atoms with Crippen LogP contribution in [0.2, 0.25) is 0 Å². The number of aromatic nitrogens is 1. The van der Waals surface area contributed by atoms with Gasteiger partial charge in [0.05, 0.1) is 17.9 Å². The average Bonchev–Trinajstić information content (AvgIpc) is 3.47. The third-order valence-corrected chi connectivity index (χ3v) is 8.85. The molecule has 0 N–H and O–H groups in total. The smallest absolute Gasteiger partial charge is 0.340 e. The van der Waals surface area contributed by atoms with Gasteiger partial charge in [0.25, 0.3) is 0 Å². The van der Waals surface area contributed by atoms with Crippen LogP contribution in [0.4, 0.5) is 5.69 Å². The number of carbonyl (C=O) groups excluding carboxylic acids is 1. The fraction of sp³-hybridized carbons (Fsp3) is 0.432. The molecule has 5 nitrogen and oxygen atoms in total. The first-order valence-corrected chi connectivity index (χ1v) is 16.0. The molecule has 0 saturated carbocycles. The van der Waals surface area contributed by atoms with Crippen LogP contribution in [0, 0.1) is 6.92 Å². The predicted octanol–water partition coefficient (Wildman–Crippen LogP) is 9.02. The number of cyclic esters (lactones) is 1. The Bertz CT molecular complexity index is 1530. The van der Waals surface area contributed by atoms with Crippen molar-refractivity contribution < 1.29 is 14.3 Å². The fourth-order valence-corrected chi connectivity index (χ4v) is 6.90. The largest absolute Gasteiger partial charge is 0.492 e. The quantitative estimate of drug-likeness (QED) is 0.113. The minimum atomic E-state index is -1.12. The molecule has 0 bridgehead atoms. The summed E-state index contributed by atoms with van der Waals surface area (Å²) in [5.74, 6) is 0.525. The Morgan fingerprint density at radius 1 is 0.810 bits per heavy atom. The number of para-hydroxylation sites is 2. The summed E-state index contributed by atoms with van der Waals surface area (Å²) in [6, 6.07) is 22.7. The number of anilines is 1. The van der Waals surface area contributed by atoms with Crippen molar-refractivity contribution in [3.63, 3.8) is 0 Å². The standard InChI is InChI=1S/C37H46N2O3/c1-6-10-11-12-13-18-26-39-27(5)34(29-21-15-17-24-32(29)39)37(30-22-16-14-20-28(30)36(40)42-37)31-23-19-25-33(41-9-4)35(31)38(7-2)8-3/h14-17,19-25H,6-13,18,26H2,1-5H3. The molecular formula is C37H46N2O3. The Kier molecular flexibility index (Phi) is 9.25. The van der Waals surface area contributed by atoms with Crippen LogP contribution >= 0.6 is 0 Å². The number of esters is 1. The van der Waals surface area contributed by atoms with Crippen LogP contribution in [0.15, 0.2) is 66.7 Å². The third kappa shape index (κ3) is 5.08. The number of benzene rings is 3. The Morgan fingerprint density at radius 2 is 1.50 bits per heavy atom. The van der Waals surface area contributed by atoms with Gasteiger partial charge in [-0.05, 0) is 52.3 Å². The molecule has 2 heterocycles. The van der Waals surface area contributed by atoms with Gasteiger partial charge in [0.15, 0.2) is 5.60 Å². The lowest BCUT2D eigenvalue weighted by molar-refractivity contribution is 0.0254. The van der Waals surface area contributed by atoms with Gasteiger partial charge in [-0.1, -0.05) is 87.6 Å². The summed E-state index contributed by atoms with van der Waals surface area (Å²) in [5.41, 5.74) is 5.70. The average molecular weight is 567 g/mol. The lowest BCUT2D eigenvalue weighted by Crippen LogP contribution is -2.34. The van der Waals surface area contributed by atoms with Crippen LogP contribution in [-0.4, -0.2) is 30.2 Å². The zero-order valence-electron chi connectivity index (χ0n) is 26.0. The Labute approximate surface area is 251 Å². The minimum absolute atomic E-state index is 0.287. The van der Waals surface area contributed by atoms with Crippen LogP contribution in [-0.2, 0) is 16.9 Å². The van der Waals surface area contributed by atoms with Crippen molar-refractivity contribution in [2.75, 3.05) is 24.6 Å². The molecule has 1 aliphatic rings. The van der Waals surface area contributed by atoms with Crippen molar-refractivity contribution in [3.8, 4) is 5.75 Å². The minimum Gasteiger partial charge on any atom is -0.492 e. The van der Waals surface area contributed by atoms with Gasteiger partial charge in [-0.3, -0.25) is 0 Å². The van der Waals surface area contributed by atoms with Crippen LogP contribution in [0.1, 0.15) is 99.0 Å². The maximum Gasteiger partial charge on any atom is 0.340 e. The zero-order chi connectivity index (χ0) is 29.7. The molecule has 1 atom stereocenters. The SMILES string of the molecule is CCCCCCCCn1c(C)c(C2(c3cccc(OCC)c3N(CC)CC)OC(=O)c3ccccc32)c2ccccc21. The summed E-state index contributed by atoms with van der Waals surface area (Å²) in [7, 11) is 0. The van der Waals surface area contributed by atoms with Crippen molar-refractivity contribution in [1.29, 1.82) is 0 Å². The first-order valence-electron chi connectivity index (χ1n) is 16.0. The summed E-state index contributed by atoms with van der Waals surface area (Å²) in [5, 5.41) is 1.12. The van der Waals surface area contributed by atoms with E-state index in [-0.39, 0.29) is 5.97 Å². The number of rotatable bonds is 14. The summed E-state index contributed by atoms with van der Waals surface area (Å²) >= 11 is 0. The van der Waals surface area contributed by atoms with E-state index in [9.17, 15) is 4.79 Å². The maximum absolute atomic E-state index is 13.7. The number of aryl methyl sites for hydroxylation is 1. The molecule has 222 valence electrons. The highest BCUT2D eigenvalue weighted by atomic mass is 16.6. The van der Waals surface area contributed by atoms with Crippen molar-refractivity contribution in [3.05, 3.63) is 94.7 Å². The van der Waals surface area contributed by atoms with Crippen molar-refractivity contribution >= 4 is 22.6 Å². The van der Waals surface area contributed by atoms with Crippen LogP contribution < -0.4 is 9.64 Å². The Morgan fingerprint density at radius 3 is 2.26 bits per heavy atom. The molecule has 42 heavy (non-hydrogen) atoms. The van der Waals surface area contributed by atoms with Gasteiger partial charge in [0.1, 0.15) is 5.75 Å². The number of ether oxygens (including phenoxy) is 2. The van der Waals surface area contributed by atoms with Crippen molar-refractivity contribution in [2.45, 2.75) is 85.3 Å². The number of hydrogen-bond donors (Lipinski definition) is 0. The number of nitrogens with zero attached hydrogens (tertiary/aromatic N) is 2. The van der Waals surface area contributed by atoms with E-state index in [1.54, 1.807) is 0 Å². The lowest BCUT2D eigenvalue weighted by atomic mass is 9.77. The summed E-state index contributed by atoms with van der Waals surface area (Å²) in [6.45, 7) is 13.9. The van der Waals surface area contributed by atoms with E-state index < -0.39 is 5.60 Å². The molecule has 0 radical (unpaired) electrons. The predicted molar refractivity (Wildman–Crippen MR) is 173 cm³/mol. The van der Waals surface area contributed by atoms with Gasteiger partial charge in [-0.25, -0.2) is 4.79 Å². The zero-order valence-corrected chi connectivity index (χ0v) is 26.0. The third-order valence-electron chi connectivity index (χ3n) is 8.85. The van der Waals surface area contributed by atoms with Crippen LogP contribution in [0.25, 0.3) is 10.9 Å². The number of hydrogen-bond acceptors (Lipinski definition) is 4. The highest BCUT2D eigenvalue weighted by Gasteiger charge is 2.52. The Balaban J connectivity index is 1.78. The highest BCUT2D eigenvalue weighted by molar-refractivity contribution is 5.99. The van der Waals surface area contributed by atoms with Gasteiger partial charge in [0, 0.05) is 52.9 Å². The first kappa shape index (κ1) is 29.8. The molecule has 0 fully saturated rings. The van der Waals surface area contributed by atoms with E-state index in [0.29, 0.717) is 12.2 Å². The van der Waals surface area contributed by atoms with Crippen LogP contribution in [0.5, 0.6) is 5.75 Å². The number of unbranched alkanes of at least 4 members (excludes halogenated alkanes) is 5. The normalized spacial score (nSPS) is 16.1. The number of fused-ring (bicyclic) bond motifs is 2. The van der Waals surface area contributed by atoms with E-state index in [4.69, 9.17) is 9.47 Å². The van der Waals surface area contributed by atoms with E-state index in [0.717, 1.165) is 65.3 Å². The molecular weight excluding hydrogens is 520 g/mol. The molecule has 5 rings (SSSR count). The molecule has 5 heteroatoms. The molecule has 0 aliphatic carbocycles. The van der Waals surface area contributed by atoms with Crippen molar-refractivity contribution in [1.82, 2.24) is 4.57 Å². The molecule has 1 unspecified atom stereocenters. The summed E-state index contributed by atoms with van der Waals surface area (Å²) in [4.78, 5) is 16.1. The number of carbonyl (C=O) groups is 1. The maximum atomic E-state index is 13.7. The molecule has 3 aromatic carbocycles. The van der Waals surface area contributed by atoms with E-state index in [1.165, 1.54) is 37.6 Å². The second kappa shape index (κ2) is 13.1. The topological polar surface area (TPSA) is 43.7 Å². The molecule has 0 amide bonds. The van der Waals surface area contributed by atoms with Gasteiger partial charge in [-0.2, -0.15) is 0 Å². The molecule has 4 aromatic rings. The van der Waals surface area contributed by atoms with Crippen molar-refractivity contribution in [2.24, 2.45) is 0 Å². The van der Waals surface area contributed by atoms with E-state index >= 15 is 0 Å².